The third kappa shape index (κ3) is 5.80. The lowest BCUT2D eigenvalue weighted by Gasteiger charge is -2.26. The third-order valence-electron chi connectivity index (χ3n) is 3.02. The van der Waals surface area contributed by atoms with Crippen molar-refractivity contribution in [2.24, 2.45) is 0 Å². The summed E-state index contributed by atoms with van der Waals surface area (Å²) in [4.78, 5) is 0. The minimum Gasteiger partial charge on any atom is -0.314 e. The Labute approximate surface area is 99.9 Å². The molecule has 0 aliphatic carbocycles. The highest BCUT2D eigenvalue weighted by Gasteiger charge is 2.11. The van der Waals surface area contributed by atoms with Crippen molar-refractivity contribution in [2.75, 3.05) is 26.2 Å². The molecule has 2 rings (SSSR count). The van der Waals surface area contributed by atoms with E-state index in [1.54, 1.807) is 0 Å². The SMILES string of the molecule is CC1CNC(C)CN1.CC1CNCC(C)N1. The summed E-state index contributed by atoms with van der Waals surface area (Å²) >= 11 is 0. The number of rotatable bonds is 0. The van der Waals surface area contributed by atoms with Crippen LogP contribution in [0.5, 0.6) is 0 Å². The topological polar surface area (TPSA) is 48.1 Å². The molecule has 4 unspecified atom stereocenters. The molecule has 4 N–H and O–H groups in total. The molecule has 0 aromatic rings. The van der Waals surface area contributed by atoms with Crippen LogP contribution in [-0.4, -0.2) is 50.3 Å². The fourth-order valence-electron chi connectivity index (χ4n) is 2.02. The van der Waals surface area contributed by atoms with Crippen molar-refractivity contribution in [3.05, 3.63) is 0 Å². The molecular formula is C12H28N4. The molecular weight excluding hydrogens is 200 g/mol. The van der Waals surface area contributed by atoms with Crippen LogP contribution >= 0.6 is 0 Å². The molecule has 4 atom stereocenters. The molecule has 0 bridgehead atoms. The molecule has 0 aromatic heterocycles. The van der Waals surface area contributed by atoms with Crippen LogP contribution in [0.3, 0.4) is 0 Å². The minimum atomic E-state index is 0.652. The van der Waals surface area contributed by atoms with Gasteiger partial charge in [-0.25, -0.2) is 0 Å². The summed E-state index contributed by atoms with van der Waals surface area (Å²) in [6, 6.07) is 2.62. The summed E-state index contributed by atoms with van der Waals surface area (Å²) in [6.45, 7) is 13.2. The van der Waals surface area contributed by atoms with Gasteiger partial charge in [-0.2, -0.15) is 0 Å². The van der Waals surface area contributed by atoms with E-state index in [9.17, 15) is 0 Å². The van der Waals surface area contributed by atoms with Gasteiger partial charge in [-0.15, -0.1) is 0 Å². The number of piperazine rings is 2. The Kier molecular flexibility index (Phi) is 6.28. The quantitative estimate of drug-likeness (QED) is 0.468. The molecule has 0 amide bonds. The van der Waals surface area contributed by atoms with E-state index in [1.807, 2.05) is 0 Å². The number of hydrogen-bond donors (Lipinski definition) is 4. The van der Waals surface area contributed by atoms with Crippen LogP contribution in [0.2, 0.25) is 0 Å². The van der Waals surface area contributed by atoms with E-state index in [1.165, 1.54) is 0 Å². The van der Waals surface area contributed by atoms with E-state index in [-0.39, 0.29) is 0 Å². The first-order chi connectivity index (χ1) is 7.58. The zero-order valence-corrected chi connectivity index (χ0v) is 11.1. The standard InChI is InChI=1S/2C6H14N2/c1-5-3-8-6(2)4-7-5;1-5-3-7-4-6(2)8-5/h2*5-8H,3-4H2,1-2H3. The molecule has 16 heavy (non-hydrogen) atoms. The zero-order valence-electron chi connectivity index (χ0n) is 11.1. The maximum absolute atomic E-state index is 3.42. The first-order valence-electron chi connectivity index (χ1n) is 6.51. The number of hydrogen-bond acceptors (Lipinski definition) is 4. The summed E-state index contributed by atoms with van der Waals surface area (Å²) in [5.41, 5.74) is 0. The Hall–Kier alpha value is -0.160. The van der Waals surface area contributed by atoms with Crippen LogP contribution in [-0.2, 0) is 0 Å². The highest BCUT2D eigenvalue weighted by molar-refractivity contribution is 4.77. The van der Waals surface area contributed by atoms with E-state index in [0.29, 0.717) is 24.2 Å². The van der Waals surface area contributed by atoms with E-state index >= 15 is 0 Å². The predicted octanol–water partition coefficient (Wildman–Crippen LogP) is -0.0876. The van der Waals surface area contributed by atoms with Gasteiger partial charge in [0, 0.05) is 50.3 Å². The van der Waals surface area contributed by atoms with Crippen LogP contribution in [0, 0.1) is 0 Å². The molecule has 2 saturated heterocycles. The smallest absolute Gasteiger partial charge is 0.0167 e. The highest BCUT2D eigenvalue weighted by atomic mass is 15.1. The average Bonchev–Trinajstić information content (AvgIpc) is 2.23. The molecule has 0 aromatic carbocycles. The molecule has 0 radical (unpaired) electrons. The first kappa shape index (κ1) is 13.9. The van der Waals surface area contributed by atoms with Gasteiger partial charge in [0.25, 0.3) is 0 Å². The van der Waals surface area contributed by atoms with Crippen LogP contribution in [0.15, 0.2) is 0 Å². The van der Waals surface area contributed by atoms with Crippen molar-refractivity contribution in [3.8, 4) is 0 Å². The summed E-state index contributed by atoms with van der Waals surface area (Å²) < 4.78 is 0. The van der Waals surface area contributed by atoms with Crippen molar-refractivity contribution in [1.82, 2.24) is 21.3 Å². The maximum atomic E-state index is 3.42. The first-order valence-corrected chi connectivity index (χ1v) is 6.51. The molecule has 2 aliphatic rings. The molecule has 2 heterocycles. The molecule has 0 saturated carbocycles. The van der Waals surface area contributed by atoms with Crippen molar-refractivity contribution in [1.29, 1.82) is 0 Å². The second-order valence-electron chi connectivity index (χ2n) is 5.25. The third-order valence-corrected chi connectivity index (χ3v) is 3.02. The molecule has 2 fully saturated rings. The average molecular weight is 228 g/mol. The Morgan fingerprint density at radius 3 is 1.31 bits per heavy atom. The fourth-order valence-corrected chi connectivity index (χ4v) is 2.02. The second kappa shape index (κ2) is 7.22. The maximum Gasteiger partial charge on any atom is 0.0167 e. The lowest BCUT2D eigenvalue weighted by atomic mass is 10.2. The summed E-state index contributed by atoms with van der Waals surface area (Å²) in [6.07, 6.45) is 0. The van der Waals surface area contributed by atoms with Crippen LogP contribution < -0.4 is 21.3 Å². The largest absolute Gasteiger partial charge is 0.314 e. The van der Waals surface area contributed by atoms with Gasteiger partial charge in [-0.05, 0) is 27.7 Å². The highest BCUT2D eigenvalue weighted by Crippen LogP contribution is 1.90. The molecule has 96 valence electrons. The Morgan fingerprint density at radius 2 is 1.06 bits per heavy atom. The lowest BCUT2D eigenvalue weighted by molar-refractivity contribution is 0.370. The molecule has 0 spiro atoms. The molecule has 2 aliphatic heterocycles. The Morgan fingerprint density at radius 1 is 0.625 bits per heavy atom. The van der Waals surface area contributed by atoms with E-state index in [0.717, 1.165) is 26.2 Å². The van der Waals surface area contributed by atoms with E-state index in [2.05, 4.69) is 49.0 Å². The molecule has 4 heteroatoms. The zero-order chi connectivity index (χ0) is 12.0. The summed E-state index contributed by atoms with van der Waals surface area (Å²) in [5.74, 6) is 0. The summed E-state index contributed by atoms with van der Waals surface area (Å²) in [7, 11) is 0. The lowest BCUT2D eigenvalue weighted by Crippen LogP contribution is -2.52. The van der Waals surface area contributed by atoms with Crippen molar-refractivity contribution in [3.63, 3.8) is 0 Å². The normalized spacial score (nSPS) is 39.8. The van der Waals surface area contributed by atoms with Crippen LogP contribution in [0.1, 0.15) is 27.7 Å². The van der Waals surface area contributed by atoms with Crippen molar-refractivity contribution >= 4 is 0 Å². The van der Waals surface area contributed by atoms with Gasteiger partial charge >= 0.3 is 0 Å². The van der Waals surface area contributed by atoms with E-state index < -0.39 is 0 Å². The van der Waals surface area contributed by atoms with Crippen LogP contribution in [0.4, 0.5) is 0 Å². The fraction of sp³-hybridized carbons (Fsp3) is 1.00. The van der Waals surface area contributed by atoms with E-state index in [4.69, 9.17) is 0 Å². The van der Waals surface area contributed by atoms with Gasteiger partial charge < -0.3 is 21.3 Å². The monoisotopic (exact) mass is 228 g/mol. The predicted molar refractivity (Wildman–Crippen MR) is 69.9 cm³/mol. The van der Waals surface area contributed by atoms with Gasteiger partial charge in [0.2, 0.25) is 0 Å². The summed E-state index contributed by atoms with van der Waals surface area (Å²) in [5, 5.41) is 13.5. The van der Waals surface area contributed by atoms with Gasteiger partial charge in [0.1, 0.15) is 0 Å². The van der Waals surface area contributed by atoms with Crippen molar-refractivity contribution in [2.45, 2.75) is 51.9 Å². The van der Waals surface area contributed by atoms with Gasteiger partial charge in [0.15, 0.2) is 0 Å². The van der Waals surface area contributed by atoms with Crippen LogP contribution in [0.25, 0.3) is 0 Å². The Balaban J connectivity index is 0.000000160. The second-order valence-corrected chi connectivity index (χ2v) is 5.25. The van der Waals surface area contributed by atoms with Gasteiger partial charge in [-0.1, -0.05) is 0 Å². The van der Waals surface area contributed by atoms with Gasteiger partial charge in [0.05, 0.1) is 0 Å². The minimum absolute atomic E-state index is 0.652. The van der Waals surface area contributed by atoms with Gasteiger partial charge in [-0.3, -0.25) is 0 Å². The molecule has 4 nitrogen and oxygen atoms in total. The number of nitrogens with one attached hydrogen (secondary N) is 4. The Bertz CT molecular complexity index is 160. The van der Waals surface area contributed by atoms with Crippen molar-refractivity contribution < 1.29 is 0 Å².